The van der Waals surface area contributed by atoms with E-state index >= 15 is 0 Å². The van der Waals surface area contributed by atoms with Gasteiger partial charge in [0, 0.05) is 6.42 Å². The monoisotopic (exact) mass is 285 g/mol. The number of rotatable bonds is 7. The summed E-state index contributed by atoms with van der Waals surface area (Å²) in [4.78, 5) is 10.6. The number of aliphatic carboxylic acids is 1. The molecule has 4 heteroatoms. The molecule has 0 heterocycles. The van der Waals surface area contributed by atoms with Crippen molar-refractivity contribution in [3.63, 3.8) is 0 Å². The van der Waals surface area contributed by atoms with Crippen molar-refractivity contribution in [2.24, 2.45) is 5.73 Å². The van der Waals surface area contributed by atoms with Gasteiger partial charge >= 0.3 is 5.97 Å². The van der Waals surface area contributed by atoms with Gasteiger partial charge in [0.25, 0.3) is 0 Å². The van der Waals surface area contributed by atoms with Gasteiger partial charge in [0.15, 0.2) is 0 Å². The highest BCUT2D eigenvalue weighted by Crippen LogP contribution is 2.15. The van der Waals surface area contributed by atoms with Crippen molar-refractivity contribution >= 4 is 5.97 Å². The zero-order chi connectivity index (χ0) is 15.1. The molecule has 0 spiro atoms. The van der Waals surface area contributed by atoms with Crippen LogP contribution in [0, 0.1) is 0 Å². The van der Waals surface area contributed by atoms with Crippen molar-refractivity contribution in [2.45, 2.75) is 18.9 Å². The van der Waals surface area contributed by atoms with Crippen LogP contribution < -0.4 is 10.5 Å². The molecule has 2 rings (SSSR count). The summed E-state index contributed by atoms with van der Waals surface area (Å²) in [5.41, 5.74) is 7.88. The third-order valence-corrected chi connectivity index (χ3v) is 3.19. The van der Waals surface area contributed by atoms with Crippen molar-refractivity contribution in [1.29, 1.82) is 0 Å². The Hall–Kier alpha value is -2.33. The fourth-order valence-corrected chi connectivity index (χ4v) is 1.96. The molecule has 0 amide bonds. The fourth-order valence-electron chi connectivity index (χ4n) is 1.96. The van der Waals surface area contributed by atoms with E-state index in [0.717, 1.165) is 12.2 Å². The van der Waals surface area contributed by atoms with Gasteiger partial charge in [-0.25, -0.2) is 0 Å². The highest BCUT2D eigenvalue weighted by atomic mass is 16.5. The largest absolute Gasteiger partial charge is 0.494 e. The molecule has 21 heavy (non-hydrogen) atoms. The SMILES string of the molecule is NC(CCOc1ccc(Cc2ccccc2)cc1)C(=O)O. The van der Waals surface area contributed by atoms with Crippen LogP contribution in [0.25, 0.3) is 0 Å². The lowest BCUT2D eigenvalue weighted by Gasteiger charge is -2.09. The average Bonchev–Trinajstić information content (AvgIpc) is 2.50. The minimum absolute atomic E-state index is 0.293. The fraction of sp³-hybridized carbons (Fsp3) is 0.235. The van der Waals surface area contributed by atoms with Gasteiger partial charge in [-0.05, 0) is 29.7 Å². The van der Waals surface area contributed by atoms with E-state index in [2.05, 4.69) is 12.1 Å². The number of hydrogen-bond acceptors (Lipinski definition) is 3. The number of carboxylic acids is 1. The molecule has 0 radical (unpaired) electrons. The second kappa shape index (κ2) is 7.45. The second-order valence-corrected chi connectivity index (χ2v) is 4.89. The Balaban J connectivity index is 1.83. The van der Waals surface area contributed by atoms with Crippen LogP contribution in [0.4, 0.5) is 0 Å². The zero-order valence-electron chi connectivity index (χ0n) is 11.7. The summed E-state index contributed by atoms with van der Waals surface area (Å²) in [6, 6.07) is 17.2. The molecular formula is C17H19NO3. The van der Waals surface area contributed by atoms with Gasteiger partial charge in [-0.3, -0.25) is 4.79 Å². The topological polar surface area (TPSA) is 72.5 Å². The molecule has 0 aliphatic rings. The summed E-state index contributed by atoms with van der Waals surface area (Å²) in [5.74, 6) is -0.277. The number of carbonyl (C=O) groups is 1. The summed E-state index contributed by atoms with van der Waals surface area (Å²) in [5, 5.41) is 8.68. The predicted molar refractivity (Wildman–Crippen MR) is 81.4 cm³/mol. The normalized spacial score (nSPS) is 11.9. The van der Waals surface area contributed by atoms with Crippen LogP contribution in [0.3, 0.4) is 0 Å². The molecule has 2 aromatic carbocycles. The molecule has 110 valence electrons. The Morgan fingerprint density at radius 3 is 2.29 bits per heavy atom. The first-order valence-corrected chi connectivity index (χ1v) is 6.89. The van der Waals surface area contributed by atoms with Crippen molar-refractivity contribution in [3.8, 4) is 5.75 Å². The van der Waals surface area contributed by atoms with E-state index in [1.807, 2.05) is 42.5 Å². The minimum atomic E-state index is -1.00. The van der Waals surface area contributed by atoms with E-state index in [9.17, 15) is 4.79 Å². The van der Waals surface area contributed by atoms with Crippen LogP contribution in [0.5, 0.6) is 5.75 Å². The standard InChI is InChI=1S/C17H19NO3/c18-16(17(19)20)10-11-21-15-8-6-14(7-9-15)12-13-4-2-1-3-5-13/h1-9,16H,10-12,18H2,(H,19,20). The van der Waals surface area contributed by atoms with E-state index < -0.39 is 12.0 Å². The molecule has 0 aromatic heterocycles. The van der Waals surface area contributed by atoms with Crippen LogP contribution >= 0.6 is 0 Å². The molecule has 2 aromatic rings. The maximum absolute atomic E-state index is 10.6. The lowest BCUT2D eigenvalue weighted by molar-refractivity contribution is -0.138. The predicted octanol–water partition coefficient (Wildman–Crippen LogP) is 2.46. The summed E-state index contributed by atoms with van der Waals surface area (Å²) in [6.45, 7) is 0.297. The van der Waals surface area contributed by atoms with Gasteiger partial charge < -0.3 is 15.6 Å². The first-order valence-electron chi connectivity index (χ1n) is 6.89. The van der Waals surface area contributed by atoms with Crippen molar-refractivity contribution in [1.82, 2.24) is 0 Å². The van der Waals surface area contributed by atoms with Crippen LogP contribution in [0.15, 0.2) is 54.6 Å². The quantitative estimate of drug-likeness (QED) is 0.819. The maximum atomic E-state index is 10.6. The summed E-state index contributed by atoms with van der Waals surface area (Å²) >= 11 is 0. The number of carboxylic acid groups (broad SMARTS) is 1. The zero-order valence-corrected chi connectivity index (χ0v) is 11.7. The molecule has 0 fully saturated rings. The first-order chi connectivity index (χ1) is 10.1. The van der Waals surface area contributed by atoms with E-state index in [-0.39, 0.29) is 0 Å². The first kappa shape index (κ1) is 15.1. The Labute approximate surface area is 124 Å². The maximum Gasteiger partial charge on any atom is 0.320 e. The molecule has 0 aliphatic carbocycles. The van der Waals surface area contributed by atoms with Gasteiger partial charge in [0.1, 0.15) is 11.8 Å². The second-order valence-electron chi connectivity index (χ2n) is 4.89. The summed E-state index contributed by atoms with van der Waals surface area (Å²) in [7, 11) is 0. The van der Waals surface area contributed by atoms with Crippen LogP contribution in [0.1, 0.15) is 17.5 Å². The van der Waals surface area contributed by atoms with Crippen LogP contribution in [0.2, 0.25) is 0 Å². The van der Waals surface area contributed by atoms with Crippen LogP contribution in [-0.2, 0) is 11.2 Å². The Kier molecular flexibility index (Phi) is 5.35. The molecule has 0 saturated carbocycles. The smallest absolute Gasteiger partial charge is 0.320 e. The molecule has 1 unspecified atom stereocenters. The molecule has 4 nitrogen and oxygen atoms in total. The van der Waals surface area contributed by atoms with E-state index in [1.54, 1.807) is 0 Å². The van der Waals surface area contributed by atoms with Crippen molar-refractivity contribution in [2.75, 3.05) is 6.61 Å². The molecule has 0 saturated heterocycles. The van der Waals surface area contributed by atoms with E-state index in [4.69, 9.17) is 15.6 Å². The molecule has 0 aliphatic heterocycles. The number of benzene rings is 2. The average molecular weight is 285 g/mol. The van der Waals surface area contributed by atoms with Gasteiger partial charge in [0.2, 0.25) is 0 Å². The summed E-state index contributed by atoms with van der Waals surface area (Å²) in [6.07, 6.45) is 1.17. The number of hydrogen-bond donors (Lipinski definition) is 2. The molecule has 0 bridgehead atoms. The third kappa shape index (κ3) is 4.93. The van der Waals surface area contributed by atoms with Crippen molar-refractivity contribution < 1.29 is 14.6 Å². The molecule has 3 N–H and O–H groups in total. The van der Waals surface area contributed by atoms with Crippen LogP contribution in [-0.4, -0.2) is 23.7 Å². The third-order valence-electron chi connectivity index (χ3n) is 3.19. The lowest BCUT2D eigenvalue weighted by atomic mass is 10.1. The van der Waals surface area contributed by atoms with Gasteiger partial charge in [-0.2, -0.15) is 0 Å². The lowest BCUT2D eigenvalue weighted by Crippen LogP contribution is -2.31. The molecule has 1 atom stereocenters. The molecular weight excluding hydrogens is 266 g/mol. The van der Waals surface area contributed by atoms with E-state index in [0.29, 0.717) is 13.0 Å². The van der Waals surface area contributed by atoms with Crippen molar-refractivity contribution in [3.05, 3.63) is 65.7 Å². The van der Waals surface area contributed by atoms with Gasteiger partial charge in [-0.15, -0.1) is 0 Å². The Morgan fingerprint density at radius 1 is 1.05 bits per heavy atom. The minimum Gasteiger partial charge on any atom is -0.494 e. The number of nitrogens with two attached hydrogens (primary N) is 1. The van der Waals surface area contributed by atoms with Gasteiger partial charge in [0.05, 0.1) is 6.61 Å². The Morgan fingerprint density at radius 2 is 1.67 bits per heavy atom. The summed E-state index contributed by atoms with van der Waals surface area (Å²) < 4.78 is 5.49. The van der Waals surface area contributed by atoms with Gasteiger partial charge in [-0.1, -0.05) is 42.5 Å². The number of ether oxygens (including phenoxy) is 1. The highest BCUT2D eigenvalue weighted by molar-refractivity contribution is 5.72. The van der Waals surface area contributed by atoms with E-state index in [1.165, 1.54) is 11.1 Å². The highest BCUT2D eigenvalue weighted by Gasteiger charge is 2.10. The Bertz CT molecular complexity index is 566.